The lowest BCUT2D eigenvalue weighted by Crippen LogP contribution is -2.42. The van der Waals surface area contributed by atoms with Gasteiger partial charge in [-0.15, -0.1) is 0 Å². The van der Waals surface area contributed by atoms with Crippen molar-refractivity contribution in [2.24, 2.45) is 0 Å². The maximum Gasteiger partial charge on any atom is 0.252 e. The molecular weight excluding hydrogens is 416 g/mol. The van der Waals surface area contributed by atoms with Crippen LogP contribution in [0.4, 0.5) is 5.82 Å². The number of benzene rings is 1. The summed E-state index contributed by atoms with van der Waals surface area (Å²) in [6.45, 7) is 2.08. The molecule has 1 amide bonds. The van der Waals surface area contributed by atoms with E-state index in [2.05, 4.69) is 32.1 Å². The highest BCUT2D eigenvalue weighted by Gasteiger charge is 2.47. The van der Waals surface area contributed by atoms with Crippen molar-refractivity contribution in [1.82, 2.24) is 24.8 Å². The average Bonchev–Trinajstić information content (AvgIpc) is 3.34. The number of carbonyl (C=O) groups excluding carboxylic acids is 2. The van der Waals surface area contributed by atoms with Gasteiger partial charge >= 0.3 is 0 Å². The second-order valence-corrected chi connectivity index (χ2v) is 7.07. The van der Waals surface area contributed by atoms with Gasteiger partial charge in [-0.2, -0.15) is 0 Å². The van der Waals surface area contributed by atoms with Crippen molar-refractivity contribution in [3.05, 3.63) is 47.5 Å². The highest BCUT2D eigenvalue weighted by molar-refractivity contribution is 5.83. The van der Waals surface area contributed by atoms with Gasteiger partial charge in [0, 0.05) is 17.7 Å². The Morgan fingerprint density at radius 1 is 1.25 bits per heavy atom. The minimum atomic E-state index is -1.43. The van der Waals surface area contributed by atoms with Gasteiger partial charge in [0.1, 0.15) is 24.0 Å². The molecule has 1 fully saturated rings. The second-order valence-electron chi connectivity index (χ2n) is 7.07. The molecule has 1 aliphatic rings. The van der Waals surface area contributed by atoms with Crippen LogP contribution in [0.15, 0.2) is 30.6 Å². The molecule has 164 valence electrons. The van der Waals surface area contributed by atoms with Crippen LogP contribution < -0.4 is 11.1 Å². The number of nitrogens with one attached hydrogen (secondary N) is 1. The average molecular weight is 436 g/mol. The Kier molecular flexibility index (Phi) is 5.83. The summed E-state index contributed by atoms with van der Waals surface area (Å²) in [5.74, 6) is 5.33. The molecule has 1 aromatic carbocycles. The normalized spacial score (nSPS) is 22.3. The first-order chi connectivity index (χ1) is 15.4. The van der Waals surface area contributed by atoms with Crippen molar-refractivity contribution in [3.8, 4) is 11.8 Å². The fourth-order valence-corrected chi connectivity index (χ4v) is 3.33. The first-order valence-electron chi connectivity index (χ1n) is 9.79. The molecule has 0 unspecified atom stereocenters. The Morgan fingerprint density at radius 2 is 2.00 bits per heavy atom. The quantitative estimate of drug-likeness (QED) is 0.308. The van der Waals surface area contributed by atoms with Crippen LogP contribution in [0.2, 0.25) is 0 Å². The van der Waals surface area contributed by atoms with Gasteiger partial charge in [-0.3, -0.25) is 14.2 Å². The molecular formula is C21H20N6O5. The fourth-order valence-electron chi connectivity index (χ4n) is 3.33. The zero-order chi connectivity index (χ0) is 22.8. The molecule has 0 saturated carbocycles. The number of aliphatic hydroxyl groups is 2. The molecule has 1 aliphatic heterocycles. The molecule has 3 heterocycles. The number of carbonyl (C=O) groups is 2. The van der Waals surface area contributed by atoms with E-state index in [0.29, 0.717) is 17.7 Å². The number of nitrogen functional groups attached to an aromatic ring is 1. The van der Waals surface area contributed by atoms with Crippen LogP contribution in [0.3, 0.4) is 0 Å². The Hall–Kier alpha value is -3.85. The molecule has 5 N–H and O–H groups in total. The predicted molar refractivity (Wildman–Crippen MR) is 112 cm³/mol. The van der Waals surface area contributed by atoms with E-state index in [1.165, 1.54) is 10.9 Å². The number of amides is 1. The summed E-state index contributed by atoms with van der Waals surface area (Å²) >= 11 is 0. The SMILES string of the molecule is CCNC(=O)[C@H]1O[C@@H](n2cnc3c(N)nc(C#Cc4ccc(C=O)cc4)nc32)[C@H](O)[C@@H]1O. The first-order valence-corrected chi connectivity index (χ1v) is 9.79. The van der Waals surface area contributed by atoms with Crippen LogP contribution in [0.5, 0.6) is 0 Å². The van der Waals surface area contributed by atoms with E-state index in [-0.39, 0.29) is 22.8 Å². The highest BCUT2D eigenvalue weighted by Crippen LogP contribution is 2.32. The standard InChI is InChI=1S/C21H20N6O5/c1-2-23-20(31)17-15(29)16(30)21(32-17)27-10-24-14-18(22)25-13(26-19(14)27)8-7-11-3-5-12(9-28)6-4-11/h3-6,9-10,15-17,21,29-30H,2H2,1H3,(H,23,31)(H2,22,25,26)/t15-,16+,17-,21+/m0/s1. The number of hydrogen-bond acceptors (Lipinski definition) is 9. The van der Waals surface area contributed by atoms with Crippen molar-refractivity contribution in [1.29, 1.82) is 0 Å². The van der Waals surface area contributed by atoms with Gasteiger partial charge in [0.15, 0.2) is 23.8 Å². The number of hydrogen-bond donors (Lipinski definition) is 4. The summed E-state index contributed by atoms with van der Waals surface area (Å²) in [5.41, 5.74) is 7.67. The van der Waals surface area contributed by atoms with E-state index in [1.807, 2.05) is 0 Å². The van der Waals surface area contributed by atoms with Gasteiger partial charge in [0.25, 0.3) is 5.91 Å². The van der Waals surface area contributed by atoms with Crippen LogP contribution in [-0.4, -0.2) is 66.8 Å². The van der Waals surface area contributed by atoms with Crippen LogP contribution in [-0.2, 0) is 9.53 Å². The number of ether oxygens (including phenoxy) is 1. The van der Waals surface area contributed by atoms with Gasteiger partial charge < -0.3 is 26.0 Å². The summed E-state index contributed by atoms with van der Waals surface area (Å²) in [5, 5.41) is 23.3. The fraction of sp³-hybridized carbons (Fsp3) is 0.286. The zero-order valence-corrected chi connectivity index (χ0v) is 17.0. The molecule has 11 heteroatoms. The Morgan fingerprint density at radius 3 is 2.69 bits per heavy atom. The smallest absolute Gasteiger partial charge is 0.252 e. The number of aromatic nitrogens is 4. The van der Waals surface area contributed by atoms with E-state index in [0.717, 1.165) is 6.29 Å². The summed E-state index contributed by atoms with van der Waals surface area (Å²) in [4.78, 5) is 35.6. The lowest BCUT2D eigenvalue weighted by atomic mass is 10.1. The zero-order valence-electron chi connectivity index (χ0n) is 17.0. The topological polar surface area (TPSA) is 165 Å². The maximum atomic E-state index is 12.1. The molecule has 4 atom stereocenters. The van der Waals surface area contributed by atoms with E-state index in [9.17, 15) is 19.8 Å². The van der Waals surface area contributed by atoms with Gasteiger partial charge in [0.05, 0.1) is 6.33 Å². The Labute approximate surface area is 182 Å². The van der Waals surface area contributed by atoms with Crippen LogP contribution in [0.25, 0.3) is 11.2 Å². The minimum Gasteiger partial charge on any atom is -0.387 e. The van der Waals surface area contributed by atoms with Gasteiger partial charge in [-0.25, -0.2) is 15.0 Å². The number of likely N-dealkylation sites (N-methyl/N-ethyl adjacent to an activating group) is 1. The van der Waals surface area contributed by atoms with Gasteiger partial charge in [-0.05, 0) is 25.0 Å². The number of aliphatic hydroxyl groups excluding tert-OH is 2. The monoisotopic (exact) mass is 436 g/mol. The number of rotatable bonds is 4. The first kappa shape index (κ1) is 21.4. The van der Waals surface area contributed by atoms with E-state index in [4.69, 9.17) is 10.5 Å². The third-order valence-electron chi connectivity index (χ3n) is 4.94. The summed E-state index contributed by atoms with van der Waals surface area (Å²) in [6, 6.07) is 6.66. The number of anilines is 1. The van der Waals surface area contributed by atoms with E-state index >= 15 is 0 Å². The van der Waals surface area contributed by atoms with Gasteiger partial charge in [-0.1, -0.05) is 18.1 Å². The molecule has 11 nitrogen and oxygen atoms in total. The summed E-state index contributed by atoms with van der Waals surface area (Å²) < 4.78 is 7.01. The molecule has 0 bridgehead atoms. The van der Waals surface area contributed by atoms with Crippen molar-refractivity contribution in [2.75, 3.05) is 12.3 Å². The second kappa shape index (κ2) is 8.72. The lowest BCUT2D eigenvalue weighted by molar-refractivity contribution is -0.137. The molecule has 0 radical (unpaired) electrons. The summed E-state index contributed by atoms with van der Waals surface area (Å²) in [7, 11) is 0. The molecule has 0 aliphatic carbocycles. The van der Waals surface area contributed by atoms with Crippen LogP contribution >= 0.6 is 0 Å². The van der Waals surface area contributed by atoms with Crippen molar-refractivity contribution < 1.29 is 24.5 Å². The van der Waals surface area contributed by atoms with Gasteiger partial charge in [0.2, 0.25) is 5.82 Å². The van der Waals surface area contributed by atoms with Crippen LogP contribution in [0.1, 0.15) is 34.9 Å². The summed E-state index contributed by atoms with van der Waals surface area (Å²) in [6.07, 6.45) is -3.12. The maximum absolute atomic E-state index is 12.1. The number of fused-ring (bicyclic) bond motifs is 1. The molecule has 32 heavy (non-hydrogen) atoms. The third kappa shape index (κ3) is 3.90. The largest absolute Gasteiger partial charge is 0.387 e. The van der Waals surface area contributed by atoms with E-state index < -0.39 is 30.4 Å². The molecule has 4 rings (SSSR count). The Bertz CT molecular complexity index is 1230. The van der Waals surface area contributed by atoms with Crippen molar-refractivity contribution in [2.45, 2.75) is 31.5 Å². The lowest BCUT2D eigenvalue weighted by Gasteiger charge is -2.16. The number of nitrogens with two attached hydrogens (primary N) is 1. The van der Waals surface area contributed by atoms with Crippen molar-refractivity contribution >= 4 is 29.2 Å². The number of aldehydes is 1. The third-order valence-corrected chi connectivity index (χ3v) is 4.94. The minimum absolute atomic E-state index is 0.0719. The number of imidazole rings is 1. The van der Waals surface area contributed by atoms with E-state index in [1.54, 1.807) is 31.2 Å². The van der Waals surface area contributed by atoms with Crippen LogP contribution in [0, 0.1) is 11.8 Å². The molecule has 3 aromatic rings. The van der Waals surface area contributed by atoms with Crippen molar-refractivity contribution in [3.63, 3.8) is 0 Å². The Balaban J connectivity index is 1.67. The predicted octanol–water partition coefficient (Wildman–Crippen LogP) is -0.624. The molecule has 2 aromatic heterocycles. The molecule has 0 spiro atoms. The number of nitrogens with zero attached hydrogens (tertiary/aromatic N) is 4. The molecule has 1 saturated heterocycles. The highest BCUT2D eigenvalue weighted by atomic mass is 16.6.